The Hall–Kier alpha value is -3.38. The largest absolute Gasteiger partial charge is 0.497 e. The quantitative estimate of drug-likeness (QED) is 0.512. The number of anilines is 1. The highest BCUT2D eigenvalue weighted by Gasteiger charge is 2.13. The molecule has 0 saturated carbocycles. The number of aryl methyl sites for hydroxylation is 1. The molecule has 27 heavy (non-hydrogen) atoms. The van der Waals surface area contributed by atoms with Gasteiger partial charge in [-0.25, -0.2) is 15.1 Å². The summed E-state index contributed by atoms with van der Waals surface area (Å²) in [5.41, 5.74) is 11.4. The number of pyridine rings is 1. The Morgan fingerprint density at radius 2 is 1.78 bits per heavy atom. The third-order valence-electron chi connectivity index (χ3n) is 4.42. The van der Waals surface area contributed by atoms with Crippen molar-refractivity contribution in [2.24, 2.45) is 0 Å². The fourth-order valence-electron chi connectivity index (χ4n) is 3.05. The normalized spacial score (nSPS) is 10.9. The van der Waals surface area contributed by atoms with Gasteiger partial charge in [-0.1, -0.05) is 30.3 Å². The van der Waals surface area contributed by atoms with Gasteiger partial charge in [-0.15, -0.1) is 0 Å². The fourth-order valence-corrected chi connectivity index (χ4v) is 3.05. The van der Waals surface area contributed by atoms with Crippen LogP contribution in [0.4, 0.5) is 5.69 Å². The molecule has 0 atom stereocenters. The Bertz CT molecular complexity index is 1040. The van der Waals surface area contributed by atoms with Crippen molar-refractivity contribution >= 4 is 16.7 Å². The summed E-state index contributed by atoms with van der Waals surface area (Å²) in [6, 6.07) is 20.0. The SMILES string of the molecule is COc1ccc(CNNc2ccnc3c2c(C)nn3-c2ccccc2)cc1. The van der Waals surface area contributed by atoms with Gasteiger partial charge in [-0.2, -0.15) is 5.10 Å². The Morgan fingerprint density at radius 3 is 2.52 bits per heavy atom. The van der Waals surface area contributed by atoms with Crippen LogP contribution in [-0.2, 0) is 6.54 Å². The number of hydrogen-bond acceptors (Lipinski definition) is 5. The summed E-state index contributed by atoms with van der Waals surface area (Å²) in [7, 11) is 1.67. The van der Waals surface area contributed by atoms with Gasteiger partial charge in [-0.3, -0.25) is 0 Å². The average Bonchev–Trinajstić information content (AvgIpc) is 3.07. The second-order valence-corrected chi connectivity index (χ2v) is 6.22. The van der Waals surface area contributed by atoms with E-state index in [2.05, 4.69) is 20.9 Å². The third-order valence-corrected chi connectivity index (χ3v) is 4.42. The zero-order valence-corrected chi connectivity index (χ0v) is 15.3. The average molecular weight is 359 g/mol. The second-order valence-electron chi connectivity index (χ2n) is 6.22. The van der Waals surface area contributed by atoms with Crippen molar-refractivity contribution in [3.05, 3.63) is 78.1 Å². The molecule has 4 aromatic rings. The Labute approximate surface area is 157 Å². The smallest absolute Gasteiger partial charge is 0.165 e. The monoisotopic (exact) mass is 359 g/mol. The molecule has 6 nitrogen and oxygen atoms in total. The van der Waals surface area contributed by atoms with Crippen LogP contribution in [0.5, 0.6) is 5.75 Å². The lowest BCUT2D eigenvalue weighted by molar-refractivity contribution is 0.414. The van der Waals surface area contributed by atoms with Crippen LogP contribution in [0.1, 0.15) is 11.3 Å². The molecule has 136 valence electrons. The van der Waals surface area contributed by atoms with Crippen LogP contribution in [0.15, 0.2) is 66.9 Å². The summed E-state index contributed by atoms with van der Waals surface area (Å²) in [5, 5.41) is 5.68. The molecule has 0 saturated heterocycles. The molecular formula is C21H21N5O. The standard InChI is InChI=1S/C21H21N5O/c1-15-20-19(24-23-14-16-8-10-18(27-2)11-9-16)12-13-22-21(20)26(25-15)17-6-4-3-5-7-17/h3-13,23H,14H2,1-2H3,(H,22,24). The van der Waals surface area contributed by atoms with Crippen molar-refractivity contribution < 1.29 is 4.74 Å². The molecule has 0 aliphatic heterocycles. The van der Waals surface area contributed by atoms with Gasteiger partial charge in [0.25, 0.3) is 0 Å². The molecule has 0 bridgehead atoms. The predicted octanol–water partition coefficient (Wildman–Crippen LogP) is 3.85. The predicted molar refractivity (Wildman–Crippen MR) is 107 cm³/mol. The number of ether oxygens (including phenoxy) is 1. The molecule has 0 aliphatic carbocycles. The lowest BCUT2D eigenvalue weighted by atomic mass is 10.2. The maximum absolute atomic E-state index is 5.19. The van der Waals surface area contributed by atoms with Gasteiger partial charge < -0.3 is 10.2 Å². The van der Waals surface area contributed by atoms with Gasteiger partial charge in [0, 0.05) is 12.7 Å². The third kappa shape index (κ3) is 3.47. The van der Waals surface area contributed by atoms with E-state index in [-0.39, 0.29) is 0 Å². The maximum atomic E-state index is 5.19. The summed E-state index contributed by atoms with van der Waals surface area (Å²) in [5.74, 6) is 0.853. The minimum atomic E-state index is 0.680. The van der Waals surface area contributed by atoms with Crippen LogP contribution >= 0.6 is 0 Å². The number of para-hydroxylation sites is 1. The second kappa shape index (κ2) is 7.47. The van der Waals surface area contributed by atoms with E-state index in [9.17, 15) is 0 Å². The number of nitrogens with one attached hydrogen (secondary N) is 2. The topological polar surface area (TPSA) is 64.0 Å². The van der Waals surface area contributed by atoms with Gasteiger partial charge in [-0.05, 0) is 42.8 Å². The minimum absolute atomic E-state index is 0.680. The first kappa shape index (κ1) is 17.1. The maximum Gasteiger partial charge on any atom is 0.165 e. The number of fused-ring (bicyclic) bond motifs is 1. The van der Waals surface area contributed by atoms with Gasteiger partial charge in [0.2, 0.25) is 0 Å². The van der Waals surface area contributed by atoms with Crippen molar-refractivity contribution in [3.8, 4) is 11.4 Å². The van der Waals surface area contributed by atoms with E-state index in [1.54, 1.807) is 13.3 Å². The van der Waals surface area contributed by atoms with Crippen LogP contribution in [-0.4, -0.2) is 21.9 Å². The highest BCUT2D eigenvalue weighted by atomic mass is 16.5. The van der Waals surface area contributed by atoms with Gasteiger partial charge in [0.15, 0.2) is 5.65 Å². The zero-order valence-electron chi connectivity index (χ0n) is 15.3. The van der Waals surface area contributed by atoms with Crippen LogP contribution < -0.4 is 15.6 Å². The summed E-state index contributed by atoms with van der Waals surface area (Å²) < 4.78 is 7.07. The Kier molecular flexibility index (Phi) is 4.72. The molecule has 0 fully saturated rings. The summed E-state index contributed by atoms with van der Waals surface area (Å²) >= 11 is 0. The van der Waals surface area contributed by atoms with E-state index in [4.69, 9.17) is 4.74 Å². The Balaban J connectivity index is 1.56. The Morgan fingerprint density at radius 1 is 1.00 bits per heavy atom. The summed E-state index contributed by atoms with van der Waals surface area (Å²) in [6.45, 7) is 2.68. The molecule has 2 aromatic carbocycles. The number of methoxy groups -OCH3 is 1. The highest BCUT2D eigenvalue weighted by Crippen LogP contribution is 2.26. The zero-order chi connectivity index (χ0) is 18.6. The van der Waals surface area contributed by atoms with Crippen molar-refractivity contribution in [2.75, 3.05) is 12.5 Å². The van der Waals surface area contributed by atoms with Crippen LogP contribution in [0.3, 0.4) is 0 Å². The van der Waals surface area contributed by atoms with Crippen molar-refractivity contribution in [2.45, 2.75) is 13.5 Å². The van der Waals surface area contributed by atoms with E-state index < -0.39 is 0 Å². The molecule has 0 radical (unpaired) electrons. The first-order chi connectivity index (χ1) is 13.3. The molecule has 0 spiro atoms. The molecular weight excluding hydrogens is 338 g/mol. The number of aromatic nitrogens is 3. The molecule has 0 amide bonds. The summed E-state index contributed by atoms with van der Waals surface area (Å²) in [6.07, 6.45) is 1.79. The van der Waals surface area contributed by atoms with Gasteiger partial charge in [0.05, 0.1) is 29.6 Å². The number of nitrogens with zero attached hydrogens (tertiary/aromatic N) is 3. The molecule has 2 heterocycles. The van der Waals surface area contributed by atoms with Crippen molar-refractivity contribution in [3.63, 3.8) is 0 Å². The lowest BCUT2D eigenvalue weighted by Gasteiger charge is -2.10. The van der Waals surface area contributed by atoms with E-state index >= 15 is 0 Å². The molecule has 2 N–H and O–H groups in total. The van der Waals surface area contributed by atoms with E-state index in [0.29, 0.717) is 6.54 Å². The van der Waals surface area contributed by atoms with Crippen LogP contribution in [0.25, 0.3) is 16.7 Å². The van der Waals surface area contributed by atoms with Gasteiger partial charge in [0.1, 0.15) is 5.75 Å². The molecule has 4 rings (SSSR count). The number of benzene rings is 2. The van der Waals surface area contributed by atoms with E-state index in [1.807, 2.05) is 72.3 Å². The molecule has 2 aromatic heterocycles. The van der Waals surface area contributed by atoms with E-state index in [0.717, 1.165) is 39.4 Å². The first-order valence-electron chi connectivity index (χ1n) is 8.78. The molecule has 0 unspecified atom stereocenters. The lowest BCUT2D eigenvalue weighted by Crippen LogP contribution is -2.21. The summed E-state index contributed by atoms with van der Waals surface area (Å²) in [4.78, 5) is 4.54. The molecule has 0 aliphatic rings. The van der Waals surface area contributed by atoms with Crippen LogP contribution in [0.2, 0.25) is 0 Å². The van der Waals surface area contributed by atoms with Crippen molar-refractivity contribution in [1.29, 1.82) is 0 Å². The fraction of sp³-hybridized carbons (Fsp3) is 0.143. The van der Waals surface area contributed by atoms with Gasteiger partial charge >= 0.3 is 0 Å². The van der Waals surface area contributed by atoms with Crippen molar-refractivity contribution in [1.82, 2.24) is 20.2 Å². The van der Waals surface area contributed by atoms with Crippen LogP contribution in [0, 0.1) is 6.92 Å². The highest BCUT2D eigenvalue weighted by molar-refractivity contribution is 5.92. The number of hydrazine groups is 1. The first-order valence-corrected chi connectivity index (χ1v) is 8.78. The molecule has 6 heteroatoms. The number of rotatable bonds is 6. The van der Waals surface area contributed by atoms with E-state index in [1.165, 1.54) is 0 Å². The minimum Gasteiger partial charge on any atom is -0.497 e. The number of hydrogen-bond donors (Lipinski definition) is 2.